The first-order valence-corrected chi connectivity index (χ1v) is 9.11. The van der Waals surface area contributed by atoms with E-state index in [9.17, 15) is 8.42 Å². The van der Waals surface area contributed by atoms with E-state index in [2.05, 4.69) is 5.10 Å². The summed E-state index contributed by atoms with van der Waals surface area (Å²) in [7, 11) is 1.55. The fourth-order valence-corrected chi connectivity index (χ4v) is 4.17. The molecule has 114 valence electrons. The molecule has 0 saturated carbocycles. The predicted octanol–water partition coefficient (Wildman–Crippen LogP) is 4.19. The lowest BCUT2D eigenvalue weighted by Gasteiger charge is -2.06. The highest BCUT2D eigenvalue weighted by atomic mass is 35.7. The fourth-order valence-electron chi connectivity index (χ4n) is 2.25. The van der Waals surface area contributed by atoms with E-state index in [1.165, 1.54) is 4.68 Å². The van der Waals surface area contributed by atoms with Crippen LogP contribution in [0.3, 0.4) is 0 Å². The molecule has 0 atom stereocenters. The topological polar surface area (TPSA) is 52.0 Å². The smallest absolute Gasteiger partial charge is 0.220 e. The molecular weight excluding hydrogens is 331 g/mol. The summed E-state index contributed by atoms with van der Waals surface area (Å²) in [6.45, 7) is 7.60. The Morgan fingerprint density at radius 1 is 1.14 bits per heavy atom. The van der Waals surface area contributed by atoms with E-state index >= 15 is 0 Å². The second-order valence-electron chi connectivity index (χ2n) is 5.36. The first-order valence-electron chi connectivity index (χ1n) is 6.43. The first-order chi connectivity index (χ1) is 9.61. The van der Waals surface area contributed by atoms with Crippen LogP contribution in [0.1, 0.15) is 36.6 Å². The van der Waals surface area contributed by atoms with Crippen molar-refractivity contribution in [1.29, 1.82) is 0 Å². The highest BCUT2D eigenvalue weighted by molar-refractivity contribution is 8.13. The molecule has 0 aliphatic heterocycles. The van der Waals surface area contributed by atoms with Gasteiger partial charge >= 0.3 is 0 Å². The van der Waals surface area contributed by atoms with Gasteiger partial charge in [-0.15, -0.1) is 0 Å². The van der Waals surface area contributed by atoms with Crippen molar-refractivity contribution in [2.75, 3.05) is 0 Å². The van der Waals surface area contributed by atoms with Crippen LogP contribution in [-0.2, 0) is 9.05 Å². The summed E-state index contributed by atoms with van der Waals surface area (Å²) < 4.78 is 25.0. The molecule has 1 aromatic carbocycles. The molecule has 7 heteroatoms. The van der Waals surface area contributed by atoms with E-state index in [-0.39, 0.29) is 16.0 Å². The highest BCUT2D eigenvalue weighted by Gasteiger charge is 2.28. The zero-order chi connectivity index (χ0) is 15.9. The van der Waals surface area contributed by atoms with Crippen LogP contribution in [0.15, 0.2) is 23.1 Å². The average Bonchev–Trinajstić information content (AvgIpc) is 2.65. The van der Waals surface area contributed by atoms with Gasteiger partial charge in [0, 0.05) is 10.7 Å². The van der Waals surface area contributed by atoms with E-state index in [1.807, 2.05) is 45.9 Å². The second kappa shape index (κ2) is 5.63. The molecule has 2 aromatic rings. The summed E-state index contributed by atoms with van der Waals surface area (Å²) in [5.41, 5.74) is 3.16. The summed E-state index contributed by atoms with van der Waals surface area (Å²) in [5.74, 6) is -0.113. The van der Waals surface area contributed by atoms with Crippen molar-refractivity contribution in [2.45, 2.75) is 38.5 Å². The highest BCUT2D eigenvalue weighted by Crippen LogP contribution is 2.34. The maximum atomic E-state index is 11.8. The fraction of sp³-hybridized carbons (Fsp3) is 0.357. The lowest BCUT2D eigenvalue weighted by Crippen LogP contribution is -1.99. The van der Waals surface area contributed by atoms with Gasteiger partial charge < -0.3 is 0 Å². The standard InChI is InChI=1S/C14H16Cl2N2O2S/c1-8(2)12-13(21(16,19)20)14(15)18(17-12)11-6-9(3)5-10(4)7-11/h5-8H,1-4H3. The molecule has 2 rings (SSSR count). The van der Waals surface area contributed by atoms with Crippen LogP contribution in [-0.4, -0.2) is 18.2 Å². The third-order valence-corrected chi connectivity index (χ3v) is 4.87. The van der Waals surface area contributed by atoms with Gasteiger partial charge in [0.1, 0.15) is 4.90 Å². The minimum Gasteiger partial charge on any atom is -0.220 e. The number of hydrogen-bond acceptors (Lipinski definition) is 3. The molecule has 0 saturated heterocycles. The molecule has 0 amide bonds. The molecule has 0 radical (unpaired) electrons. The third kappa shape index (κ3) is 3.25. The van der Waals surface area contributed by atoms with Crippen molar-refractivity contribution in [2.24, 2.45) is 0 Å². The largest absolute Gasteiger partial charge is 0.266 e. The van der Waals surface area contributed by atoms with Gasteiger partial charge in [-0.25, -0.2) is 13.1 Å². The Labute approximate surface area is 134 Å². The van der Waals surface area contributed by atoms with Gasteiger partial charge in [0.15, 0.2) is 5.15 Å². The zero-order valence-corrected chi connectivity index (χ0v) is 14.5. The molecule has 21 heavy (non-hydrogen) atoms. The molecule has 0 bridgehead atoms. The number of nitrogens with zero attached hydrogens (tertiary/aromatic N) is 2. The molecule has 1 aromatic heterocycles. The van der Waals surface area contributed by atoms with Crippen LogP contribution in [0.25, 0.3) is 5.69 Å². The number of aryl methyl sites for hydroxylation is 2. The summed E-state index contributed by atoms with van der Waals surface area (Å²) >= 11 is 6.23. The summed E-state index contributed by atoms with van der Waals surface area (Å²) in [6.07, 6.45) is 0. The minimum atomic E-state index is -3.96. The van der Waals surface area contributed by atoms with Gasteiger partial charge in [0.25, 0.3) is 9.05 Å². The Bertz CT molecular complexity index is 775. The van der Waals surface area contributed by atoms with E-state index in [0.717, 1.165) is 11.1 Å². The molecule has 0 spiro atoms. The monoisotopic (exact) mass is 346 g/mol. The van der Waals surface area contributed by atoms with E-state index in [0.29, 0.717) is 11.4 Å². The SMILES string of the molecule is Cc1cc(C)cc(-n2nc(C(C)C)c(S(=O)(=O)Cl)c2Cl)c1. The van der Waals surface area contributed by atoms with Crippen LogP contribution >= 0.6 is 22.3 Å². The lowest BCUT2D eigenvalue weighted by molar-refractivity contribution is 0.607. The van der Waals surface area contributed by atoms with E-state index < -0.39 is 9.05 Å². The van der Waals surface area contributed by atoms with E-state index in [1.54, 1.807) is 0 Å². The van der Waals surface area contributed by atoms with Gasteiger partial charge in [-0.1, -0.05) is 31.5 Å². The number of halogens is 2. The Kier molecular flexibility index (Phi) is 4.38. The van der Waals surface area contributed by atoms with Crippen LogP contribution in [0, 0.1) is 13.8 Å². The van der Waals surface area contributed by atoms with Crippen molar-refractivity contribution >= 4 is 31.3 Å². The van der Waals surface area contributed by atoms with Crippen molar-refractivity contribution in [3.05, 3.63) is 40.2 Å². The zero-order valence-electron chi connectivity index (χ0n) is 12.2. The quantitative estimate of drug-likeness (QED) is 0.782. The Hall–Kier alpha value is -1.04. The summed E-state index contributed by atoms with van der Waals surface area (Å²) in [5, 5.41) is 4.36. The van der Waals surface area contributed by atoms with E-state index in [4.69, 9.17) is 22.3 Å². The van der Waals surface area contributed by atoms with Gasteiger partial charge in [0.2, 0.25) is 0 Å². The third-order valence-electron chi connectivity index (χ3n) is 3.06. The Balaban J connectivity index is 2.77. The second-order valence-corrected chi connectivity index (χ2v) is 8.22. The maximum absolute atomic E-state index is 11.8. The van der Waals surface area contributed by atoms with Crippen molar-refractivity contribution < 1.29 is 8.42 Å². The van der Waals surface area contributed by atoms with Crippen molar-refractivity contribution in [1.82, 2.24) is 9.78 Å². The minimum absolute atomic E-state index is 0.0127. The molecule has 0 aliphatic rings. The van der Waals surface area contributed by atoms with Crippen LogP contribution in [0.5, 0.6) is 0 Å². The van der Waals surface area contributed by atoms with Crippen LogP contribution < -0.4 is 0 Å². The summed E-state index contributed by atoms with van der Waals surface area (Å²) in [6, 6.07) is 5.80. The van der Waals surface area contributed by atoms with Gasteiger partial charge in [-0.05, 0) is 43.0 Å². The van der Waals surface area contributed by atoms with Gasteiger partial charge in [-0.3, -0.25) is 0 Å². The predicted molar refractivity (Wildman–Crippen MR) is 85.2 cm³/mol. The number of hydrogen-bond donors (Lipinski definition) is 0. The molecule has 0 N–H and O–H groups in total. The van der Waals surface area contributed by atoms with Gasteiger partial charge in [-0.2, -0.15) is 5.10 Å². The number of rotatable bonds is 3. The summed E-state index contributed by atoms with van der Waals surface area (Å²) in [4.78, 5) is -0.111. The molecule has 0 aliphatic carbocycles. The van der Waals surface area contributed by atoms with Crippen LogP contribution in [0.2, 0.25) is 5.15 Å². The maximum Gasteiger partial charge on any atom is 0.266 e. The molecule has 1 heterocycles. The van der Waals surface area contributed by atoms with Crippen molar-refractivity contribution in [3.63, 3.8) is 0 Å². The van der Waals surface area contributed by atoms with Crippen LogP contribution in [0.4, 0.5) is 0 Å². The Morgan fingerprint density at radius 3 is 2.05 bits per heavy atom. The normalized spacial score (nSPS) is 12.1. The molecule has 0 unspecified atom stereocenters. The molecule has 0 fully saturated rings. The molecule has 4 nitrogen and oxygen atoms in total. The number of aromatic nitrogens is 2. The number of benzene rings is 1. The first kappa shape index (κ1) is 16.3. The molecular formula is C14H16Cl2N2O2S. The Morgan fingerprint density at radius 2 is 1.67 bits per heavy atom. The van der Waals surface area contributed by atoms with Gasteiger partial charge in [0.05, 0.1) is 11.4 Å². The lowest BCUT2D eigenvalue weighted by atomic mass is 10.1. The van der Waals surface area contributed by atoms with Crippen molar-refractivity contribution in [3.8, 4) is 5.69 Å². The average molecular weight is 347 g/mol.